The molecule has 36 heavy (non-hydrogen) atoms. The average molecular weight is 507 g/mol. The summed E-state index contributed by atoms with van der Waals surface area (Å²) >= 11 is 0. The summed E-state index contributed by atoms with van der Waals surface area (Å²) in [4.78, 5) is 27.6. The summed E-state index contributed by atoms with van der Waals surface area (Å²) in [7, 11) is 1.59. The molecule has 2 aliphatic heterocycles. The Morgan fingerprint density at radius 2 is 1.86 bits per heavy atom. The van der Waals surface area contributed by atoms with Gasteiger partial charge in [-0.15, -0.1) is 12.4 Å². The molecule has 2 atom stereocenters. The van der Waals surface area contributed by atoms with Gasteiger partial charge in [-0.25, -0.2) is 4.79 Å². The zero-order valence-electron chi connectivity index (χ0n) is 19.8. The average Bonchev–Trinajstić information content (AvgIpc) is 2.86. The molecule has 8 heteroatoms. The second-order valence-electron chi connectivity index (χ2n) is 9.55. The number of piperidine rings is 1. The molecule has 2 aromatic heterocycles. The highest BCUT2D eigenvalue weighted by Gasteiger charge is 2.35. The van der Waals surface area contributed by atoms with Crippen LogP contribution in [0.4, 0.5) is 0 Å². The summed E-state index contributed by atoms with van der Waals surface area (Å²) in [6, 6.07) is 18.0. The van der Waals surface area contributed by atoms with Crippen molar-refractivity contribution < 1.29 is 14.3 Å². The normalized spacial score (nSPS) is 18.9. The standard InChI is InChI=1S/C28H26N2O5.ClH/c1-34-21-5-2-4-18(11-21)22-12-19-8-9-25(31)23(27(19)35-28(22)33)16-29-13-17-10-20(15-29)24-6-3-7-26(32)30(24)14-17;/h2-9,11-12,17,20,31H,10,13-16H2,1H3;1H/t17-,20+;/m1./s1. The van der Waals surface area contributed by atoms with Gasteiger partial charge in [-0.3, -0.25) is 9.69 Å². The van der Waals surface area contributed by atoms with Gasteiger partial charge in [-0.2, -0.15) is 0 Å². The van der Waals surface area contributed by atoms with Crippen LogP contribution in [0.15, 0.2) is 74.7 Å². The van der Waals surface area contributed by atoms with E-state index in [1.165, 1.54) is 0 Å². The van der Waals surface area contributed by atoms with Gasteiger partial charge >= 0.3 is 5.63 Å². The highest BCUT2D eigenvalue weighted by Crippen LogP contribution is 2.37. The van der Waals surface area contributed by atoms with Gasteiger partial charge in [-0.05, 0) is 54.3 Å². The summed E-state index contributed by atoms with van der Waals surface area (Å²) in [6.45, 7) is 2.78. The molecule has 0 amide bonds. The van der Waals surface area contributed by atoms with Gasteiger partial charge in [0, 0.05) is 49.2 Å². The first kappa shape index (κ1) is 24.2. The molecule has 0 aliphatic carbocycles. The maximum Gasteiger partial charge on any atom is 0.344 e. The Morgan fingerprint density at radius 1 is 1.03 bits per heavy atom. The van der Waals surface area contributed by atoms with Crippen molar-refractivity contribution >= 4 is 23.4 Å². The van der Waals surface area contributed by atoms with Crippen molar-refractivity contribution in [2.75, 3.05) is 20.2 Å². The Balaban J connectivity index is 0.00000267. The van der Waals surface area contributed by atoms with E-state index in [-0.39, 0.29) is 29.6 Å². The fourth-order valence-electron chi connectivity index (χ4n) is 5.72. The fraction of sp³-hybridized carbons (Fsp3) is 0.286. The van der Waals surface area contributed by atoms with Crippen molar-refractivity contribution in [2.24, 2.45) is 5.92 Å². The third kappa shape index (κ3) is 4.18. The Hall–Kier alpha value is -3.55. The predicted molar refractivity (Wildman–Crippen MR) is 140 cm³/mol. The lowest BCUT2D eigenvalue weighted by Gasteiger charge is -2.42. The van der Waals surface area contributed by atoms with E-state index < -0.39 is 5.63 Å². The van der Waals surface area contributed by atoms with E-state index in [1.54, 1.807) is 31.4 Å². The lowest BCUT2D eigenvalue weighted by molar-refractivity contribution is 0.113. The van der Waals surface area contributed by atoms with Crippen molar-refractivity contribution in [1.29, 1.82) is 0 Å². The fourth-order valence-corrected chi connectivity index (χ4v) is 5.72. The van der Waals surface area contributed by atoms with Crippen LogP contribution in [0.1, 0.15) is 23.6 Å². The van der Waals surface area contributed by atoms with Gasteiger partial charge in [0.1, 0.15) is 17.1 Å². The van der Waals surface area contributed by atoms with Crippen LogP contribution in [0.5, 0.6) is 11.5 Å². The maximum atomic E-state index is 13.0. The number of aromatic nitrogens is 1. The van der Waals surface area contributed by atoms with Crippen LogP contribution >= 0.6 is 12.4 Å². The molecule has 1 saturated heterocycles. The van der Waals surface area contributed by atoms with Crippen LogP contribution in [0.2, 0.25) is 0 Å². The Labute approximate surface area is 214 Å². The molecule has 4 aromatic rings. The molecule has 2 bridgehead atoms. The lowest BCUT2D eigenvalue weighted by Crippen LogP contribution is -2.46. The summed E-state index contributed by atoms with van der Waals surface area (Å²) in [5.41, 5.74) is 2.87. The lowest BCUT2D eigenvalue weighted by atomic mass is 9.83. The van der Waals surface area contributed by atoms with E-state index in [1.807, 2.05) is 41.0 Å². The molecule has 6 rings (SSSR count). The number of nitrogens with zero attached hydrogens (tertiary/aromatic N) is 2. The van der Waals surface area contributed by atoms with Gasteiger partial charge < -0.3 is 18.8 Å². The van der Waals surface area contributed by atoms with Crippen molar-refractivity contribution in [3.63, 3.8) is 0 Å². The molecule has 4 heterocycles. The number of phenols is 1. The smallest absolute Gasteiger partial charge is 0.344 e. The SMILES string of the molecule is COc1cccc(-c2cc3ccc(O)c(CN4C[C@H]5C[C@@H](C4)c4cccc(=O)n4C5)c3oc2=O)c1.Cl. The molecule has 7 nitrogen and oxygen atoms in total. The van der Waals surface area contributed by atoms with E-state index in [2.05, 4.69) is 4.90 Å². The monoisotopic (exact) mass is 506 g/mol. The van der Waals surface area contributed by atoms with Crippen LogP contribution in [-0.2, 0) is 13.1 Å². The number of hydrogen-bond donors (Lipinski definition) is 1. The quantitative estimate of drug-likeness (QED) is 0.414. The minimum atomic E-state index is -0.457. The molecule has 0 unspecified atom stereocenters. The minimum Gasteiger partial charge on any atom is -0.507 e. The third-order valence-electron chi connectivity index (χ3n) is 7.30. The van der Waals surface area contributed by atoms with Gasteiger partial charge in [0.15, 0.2) is 0 Å². The minimum absolute atomic E-state index is 0. The molecule has 0 saturated carbocycles. The first-order valence-corrected chi connectivity index (χ1v) is 11.9. The number of methoxy groups -OCH3 is 1. The number of rotatable bonds is 4. The molecule has 0 spiro atoms. The van der Waals surface area contributed by atoms with Crippen LogP contribution in [0, 0.1) is 5.92 Å². The predicted octanol–water partition coefficient (Wildman–Crippen LogP) is 4.38. The van der Waals surface area contributed by atoms with Crippen molar-refractivity contribution in [3.8, 4) is 22.6 Å². The second kappa shape index (κ2) is 9.48. The van der Waals surface area contributed by atoms with E-state index in [4.69, 9.17) is 9.15 Å². The van der Waals surface area contributed by atoms with Gasteiger partial charge in [-0.1, -0.05) is 18.2 Å². The topological polar surface area (TPSA) is 84.9 Å². The van der Waals surface area contributed by atoms with Crippen molar-refractivity contribution in [1.82, 2.24) is 9.47 Å². The van der Waals surface area contributed by atoms with Crippen LogP contribution in [-0.4, -0.2) is 34.8 Å². The highest BCUT2D eigenvalue weighted by atomic mass is 35.5. The summed E-state index contributed by atoms with van der Waals surface area (Å²) in [6.07, 6.45) is 1.06. The second-order valence-corrected chi connectivity index (χ2v) is 9.55. The highest BCUT2D eigenvalue weighted by molar-refractivity contribution is 5.86. The summed E-state index contributed by atoms with van der Waals surface area (Å²) in [5.74, 6) is 1.40. The van der Waals surface area contributed by atoms with Crippen LogP contribution in [0.3, 0.4) is 0 Å². The number of likely N-dealkylation sites (tertiary alicyclic amines) is 1. The molecule has 0 radical (unpaired) electrons. The van der Waals surface area contributed by atoms with E-state index >= 15 is 0 Å². The number of benzene rings is 2. The Bertz CT molecular complexity index is 1560. The van der Waals surface area contributed by atoms with Gasteiger partial charge in [0.2, 0.25) is 0 Å². The summed E-state index contributed by atoms with van der Waals surface area (Å²) in [5, 5.41) is 11.5. The molecule has 1 fully saturated rings. The Kier molecular flexibility index (Phi) is 6.36. The summed E-state index contributed by atoms with van der Waals surface area (Å²) < 4.78 is 13.0. The number of ether oxygens (including phenoxy) is 1. The zero-order valence-corrected chi connectivity index (χ0v) is 20.7. The first-order valence-electron chi connectivity index (χ1n) is 11.9. The number of halogens is 1. The molecule has 2 aromatic carbocycles. The Morgan fingerprint density at radius 3 is 2.69 bits per heavy atom. The van der Waals surface area contributed by atoms with E-state index in [9.17, 15) is 14.7 Å². The maximum absolute atomic E-state index is 13.0. The van der Waals surface area contributed by atoms with Crippen LogP contribution < -0.4 is 15.9 Å². The number of fused-ring (bicyclic) bond motifs is 5. The molecule has 186 valence electrons. The van der Waals surface area contributed by atoms with Gasteiger partial charge in [0.25, 0.3) is 5.56 Å². The number of hydrogen-bond acceptors (Lipinski definition) is 6. The van der Waals surface area contributed by atoms with Crippen molar-refractivity contribution in [2.45, 2.75) is 25.4 Å². The number of pyridine rings is 1. The van der Waals surface area contributed by atoms with E-state index in [0.717, 1.165) is 30.6 Å². The molecular weight excluding hydrogens is 480 g/mol. The van der Waals surface area contributed by atoms with Gasteiger partial charge in [0.05, 0.1) is 18.2 Å². The van der Waals surface area contributed by atoms with Crippen molar-refractivity contribution in [3.05, 3.63) is 92.7 Å². The van der Waals surface area contributed by atoms with E-state index in [0.29, 0.717) is 47.0 Å². The number of aromatic hydroxyl groups is 1. The molecule has 1 N–H and O–H groups in total. The molecular formula is C28H27ClN2O5. The zero-order chi connectivity index (χ0) is 24.1. The number of phenolic OH excluding ortho intramolecular Hbond substituents is 1. The van der Waals surface area contributed by atoms with Crippen LogP contribution in [0.25, 0.3) is 22.1 Å². The third-order valence-corrected chi connectivity index (χ3v) is 7.30. The molecule has 2 aliphatic rings. The first-order chi connectivity index (χ1) is 17.0. The largest absolute Gasteiger partial charge is 0.507 e.